The number of aryl methyl sites for hydroxylation is 1. The fourth-order valence-corrected chi connectivity index (χ4v) is 3.26. The van der Waals surface area contributed by atoms with Gasteiger partial charge in [-0.1, -0.05) is 45.4 Å². The van der Waals surface area contributed by atoms with Gasteiger partial charge >= 0.3 is 0 Å². The van der Waals surface area contributed by atoms with Gasteiger partial charge in [0.2, 0.25) is 0 Å². The minimum Gasteiger partial charge on any atom is -0.328 e. The molecule has 0 fully saturated rings. The summed E-state index contributed by atoms with van der Waals surface area (Å²) in [5, 5.41) is 13.5. The third-order valence-electron chi connectivity index (χ3n) is 5.42. The summed E-state index contributed by atoms with van der Waals surface area (Å²) in [4.78, 5) is 28.7. The summed E-state index contributed by atoms with van der Waals surface area (Å²) in [6.45, 7) is 9.94. The highest BCUT2D eigenvalue weighted by Gasteiger charge is 2.14. The van der Waals surface area contributed by atoms with E-state index in [0.29, 0.717) is 30.5 Å². The number of anilines is 1. The van der Waals surface area contributed by atoms with Crippen LogP contribution in [0, 0.1) is 12.8 Å². The fraction of sp³-hybridized carbons (Fsp3) is 0.370. The molecule has 1 aromatic carbocycles. The molecule has 0 aliphatic heterocycles. The summed E-state index contributed by atoms with van der Waals surface area (Å²) < 4.78 is 1.55. The van der Waals surface area contributed by atoms with Crippen molar-refractivity contribution in [3.8, 4) is 0 Å². The Hall–Kier alpha value is -3.81. The van der Waals surface area contributed by atoms with Crippen molar-refractivity contribution in [2.75, 3.05) is 12.1 Å². The molecule has 3 rings (SSSR count). The fourth-order valence-electron chi connectivity index (χ4n) is 3.26. The minimum atomic E-state index is -0.306. The molecule has 1 unspecified atom stereocenters. The van der Waals surface area contributed by atoms with Crippen molar-refractivity contribution in [1.82, 2.24) is 19.9 Å². The van der Waals surface area contributed by atoms with Crippen LogP contribution in [0.2, 0.25) is 0 Å². The van der Waals surface area contributed by atoms with Crippen molar-refractivity contribution in [3.63, 3.8) is 0 Å². The second kappa shape index (κ2) is 13.8. The van der Waals surface area contributed by atoms with Crippen LogP contribution in [0.15, 0.2) is 66.3 Å². The van der Waals surface area contributed by atoms with Gasteiger partial charge in [0, 0.05) is 44.4 Å². The number of Topliss-reactive ketones (excluding diaryl/α,β-unsaturated/α-hetero) is 1. The number of nitrogens with one attached hydrogen (secondary N) is 1. The van der Waals surface area contributed by atoms with Crippen molar-refractivity contribution in [1.29, 1.82) is 0 Å². The zero-order valence-corrected chi connectivity index (χ0v) is 21.5. The lowest BCUT2D eigenvalue weighted by molar-refractivity contribution is -0.118. The number of ketones is 1. The maximum atomic E-state index is 12.6. The number of allylic oxidation sites excluding steroid dienone is 1. The van der Waals surface area contributed by atoms with E-state index in [1.807, 2.05) is 65.9 Å². The molecule has 186 valence electrons. The van der Waals surface area contributed by atoms with E-state index >= 15 is 0 Å². The minimum absolute atomic E-state index is 0.0280. The molecule has 35 heavy (non-hydrogen) atoms. The second-order valence-corrected chi connectivity index (χ2v) is 7.97. The summed E-state index contributed by atoms with van der Waals surface area (Å²) >= 11 is 0. The Morgan fingerprint density at radius 1 is 1.23 bits per heavy atom. The van der Waals surface area contributed by atoms with Gasteiger partial charge in [0.25, 0.3) is 5.91 Å². The molecular weight excluding hydrogens is 440 g/mol. The smallest absolute Gasteiger partial charge is 0.260 e. The van der Waals surface area contributed by atoms with E-state index in [2.05, 4.69) is 15.4 Å². The molecule has 2 heterocycles. The van der Waals surface area contributed by atoms with Crippen LogP contribution in [0.3, 0.4) is 0 Å². The number of hydrazone groups is 1. The SMILES string of the molecule is CC.CCC(=O)CCC(C)C(/C=C/NC(=O)c1cnn2cccnc12)=N/N(C)c1ccc(C)cc1. The first-order valence-electron chi connectivity index (χ1n) is 12.1. The summed E-state index contributed by atoms with van der Waals surface area (Å²) in [7, 11) is 1.88. The van der Waals surface area contributed by atoms with Crippen molar-refractivity contribution in [2.24, 2.45) is 11.0 Å². The van der Waals surface area contributed by atoms with Crippen molar-refractivity contribution in [2.45, 2.75) is 53.9 Å². The third kappa shape index (κ3) is 7.88. The Bertz CT molecular complexity index is 1160. The summed E-state index contributed by atoms with van der Waals surface area (Å²) in [5.74, 6) is -0.0499. The molecule has 8 nitrogen and oxygen atoms in total. The van der Waals surface area contributed by atoms with Crippen molar-refractivity contribution >= 4 is 28.7 Å². The van der Waals surface area contributed by atoms with Gasteiger partial charge in [0.05, 0.1) is 17.6 Å². The summed E-state index contributed by atoms with van der Waals surface area (Å²) in [6.07, 6.45) is 9.92. The molecule has 0 saturated carbocycles. The number of amides is 1. The topological polar surface area (TPSA) is 92.0 Å². The van der Waals surface area contributed by atoms with Crippen LogP contribution in [-0.4, -0.2) is 39.0 Å². The average Bonchev–Trinajstić information content (AvgIpc) is 3.32. The highest BCUT2D eigenvalue weighted by atomic mass is 16.1. The average molecular weight is 477 g/mol. The van der Waals surface area contributed by atoms with Gasteiger partial charge in [-0.3, -0.25) is 14.6 Å². The summed E-state index contributed by atoms with van der Waals surface area (Å²) in [5.41, 5.74) is 3.76. The highest BCUT2D eigenvalue weighted by Crippen LogP contribution is 2.17. The van der Waals surface area contributed by atoms with Gasteiger partial charge in [-0.05, 0) is 37.6 Å². The van der Waals surface area contributed by atoms with Crippen LogP contribution in [0.5, 0.6) is 0 Å². The highest BCUT2D eigenvalue weighted by molar-refractivity contribution is 6.01. The molecule has 3 aromatic rings. The first-order valence-corrected chi connectivity index (χ1v) is 12.1. The normalized spacial score (nSPS) is 12.2. The Balaban J connectivity index is 0.00000210. The molecule has 0 radical (unpaired) electrons. The predicted octanol–water partition coefficient (Wildman–Crippen LogP) is 5.20. The first kappa shape index (κ1) is 27.4. The van der Waals surface area contributed by atoms with E-state index in [4.69, 9.17) is 5.10 Å². The monoisotopic (exact) mass is 476 g/mol. The van der Waals surface area contributed by atoms with Crippen LogP contribution in [-0.2, 0) is 4.79 Å². The van der Waals surface area contributed by atoms with Crippen molar-refractivity contribution in [3.05, 3.63) is 72.3 Å². The molecule has 0 aliphatic rings. The molecule has 0 bridgehead atoms. The van der Waals surface area contributed by atoms with Gasteiger partial charge in [-0.25, -0.2) is 9.50 Å². The first-order chi connectivity index (χ1) is 16.9. The Kier molecular flexibility index (Phi) is 10.8. The van der Waals surface area contributed by atoms with Crippen LogP contribution in [0.25, 0.3) is 5.65 Å². The molecule has 0 spiro atoms. The lowest BCUT2D eigenvalue weighted by atomic mass is 9.97. The maximum Gasteiger partial charge on any atom is 0.260 e. The van der Waals surface area contributed by atoms with Crippen molar-refractivity contribution < 1.29 is 9.59 Å². The van der Waals surface area contributed by atoms with Gasteiger partial charge in [-0.2, -0.15) is 10.2 Å². The largest absolute Gasteiger partial charge is 0.328 e. The number of rotatable bonds is 10. The molecular formula is C27H36N6O2. The maximum absolute atomic E-state index is 12.6. The number of hydrogen-bond donors (Lipinski definition) is 1. The van der Waals surface area contributed by atoms with Gasteiger partial charge in [0.1, 0.15) is 11.3 Å². The molecule has 2 aromatic heterocycles. The lowest BCUT2D eigenvalue weighted by Crippen LogP contribution is -2.21. The number of fused-ring (bicyclic) bond motifs is 1. The molecule has 8 heteroatoms. The number of carbonyl (C=O) groups is 2. The molecule has 1 amide bonds. The molecule has 0 aliphatic carbocycles. The summed E-state index contributed by atoms with van der Waals surface area (Å²) in [6, 6.07) is 9.83. The molecule has 0 saturated heterocycles. The van der Waals surface area contributed by atoms with Gasteiger partial charge in [0.15, 0.2) is 5.65 Å². The number of benzene rings is 1. The third-order valence-corrected chi connectivity index (χ3v) is 5.42. The lowest BCUT2D eigenvalue weighted by Gasteiger charge is -2.18. The van der Waals surface area contributed by atoms with Crippen LogP contribution >= 0.6 is 0 Å². The van der Waals surface area contributed by atoms with E-state index < -0.39 is 0 Å². The number of nitrogens with zero attached hydrogens (tertiary/aromatic N) is 5. The van der Waals surface area contributed by atoms with Gasteiger partial charge < -0.3 is 5.32 Å². The predicted molar refractivity (Wildman–Crippen MR) is 142 cm³/mol. The number of carbonyl (C=O) groups excluding carboxylic acids is 2. The van der Waals surface area contributed by atoms with Gasteiger partial charge in [-0.15, -0.1) is 0 Å². The quantitative estimate of drug-likeness (QED) is 0.321. The van der Waals surface area contributed by atoms with E-state index in [9.17, 15) is 9.59 Å². The Labute approximate surface area is 207 Å². The van der Waals surface area contributed by atoms with Crippen LogP contribution in [0.4, 0.5) is 5.69 Å². The number of aromatic nitrogens is 3. The zero-order valence-electron chi connectivity index (χ0n) is 21.5. The molecule has 1 N–H and O–H groups in total. The zero-order chi connectivity index (χ0) is 25.8. The van der Waals surface area contributed by atoms with E-state index in [1.54, 1.807) is 40.3 Å². The van der Waals surface area contributed by atoms with Crippen LogP contribution in [0.1, 0.15) is 62.9 Å². The van der Waals surface area contributed by atoms with E-state index in [0.717, 1.165) is 11.4 Å². The van der Waals surface area contributed by atoms with Crippen LogP contribution < -0.4 is 10.3 Å². The molecule has 1 atom stereocenters. The Morgan fingerprint density at radius 2 is 1.94 bits per heavy atom. The standard InChI is InChI=1S/C25H30N6O2.C2H6/c1-5-21(32)12-9-19(3)23(29-30(4)20-10-7-18(2)8-11-20)13-15-27-25(33)22-17-28-31-16-6-14-26-24(22)31;1-2/h6-8,10-11,13-17,19H,5,9,12H2,1-4H3,(H,27,33);1-2H3/b15-13+,29-23+;. The number of hydrogen-bond acceptors (Lipinski definition) is 6. The van der Waals surface area contributed by atoms with E-state index in [-0.39, 0.29) is 17.6 Å². The Morgan fingerprint density at radius 3 is 2.63 bits per heavy atom. The van der Waals surface area contributed by atoms with E-state index in [1.165, 1.54) is 11.8 Å². The second-order valence-electron chi connectivity index (χ2n) is 7.97.